The number of aromatic nitrogens is 4. The van der Waals surface area contributed by atoms with Gasteiger partial charge < -0.3 is 14.0 Å². The van der Waals surface area contributed by atoms with Gasteiger partial charge in [-0.05, 0) is 59.7 Å². The van der Waals surface area contributed by atoms with Crippen molar-refractivity contribution in [1.29, 1.82) is 0 Å². The Hall–Kier alpha value is -4.66. The first-order valence-electron chi connectivity index (χ1n) is 11.2. The van der Waals surface area contributed by atoms with Gasteiger partial charge in [-0.15, -0.1) is 0 Å². The molecule has 0 atom stereocenters. The van der Waals surface area contributed by atoms with Gasteiger partial charge in [0.25, 0.3) is 5.56 Å². The van der Waals surface area contributed by atoms with Crippen LogP contribution in [0.1, 0.15) is 11.1 Å². The van der Waals surface area contributed by atoms with E-state index in [9.17, 15) is 14.0 Å². The lowest BCUT2D eigenvalue weighted by molar-refractivity contribution is 0.414. The minimum atomic E-state index is -0.568. The van der Waals surface area contributed by atoms with Gasteiger partial charge in [-0.2, -0.15) is 0 Å². The molecule has 2 aromatic heterocycles. The average Bonchev–Trinajstić information content (AvgIpc) is 3.31. The molecule has 0 saturated carbocycles. The zero-order valence-corrected chi connectivity index (χ0v) is 19.7. The van der Waals surface area contributed by atoms with E-state index in [1.807, 2.05) is 24.3 Å². The summed E-state index contributed by atoms with van der Waals surface area (Å²) in [5.41, 5.74) is 1.47. The van der Waals surface area contributed by atoms with Crippen LogP contribution in [0.5, 0.6) is 11.5 Å². The van der Waals surface area contributed by atoms with Gasteiger partial charge in [0.2, 0.25) is 0 Å². The fourth-order valence-corrected chi connectivity index (χ4v) is 4.14. The second-order valence-electron chi connectivity index (χ2n) is 8.23. The standard InChI is InChI=1S/C27H23FN4O4/c1-35-22-12-6-18(7-13-22)16-31-26(33)24-25(32(27(31)34)21-10-8-20(28)9-11-21)29-17-30(24)15-19-4-3-5-23(14-19)36-2/h3-14,17H,15-16H2,1-2H3. The van der Waals surface area contributed by atoms with Crippen LogP contribution < -0.4 is 20.7 Å². The van der Waals surface area contributed by atoms with E-state index in [1.165, 1.54) is 35.2 Å². The monoisotopic (exact) mass is 486 g/mol. The summed E-state index contributed by atoms with van der Waals surface area (Å²) in [6.07, 6.45) is 1.53. The summed E-state index contributed by atoms with van der Waals surface area (Å²) in [5.74, 6) is 0.928. The summed E-state index contributed by atoms with van der Waals surface area (Å²) in [5, 5.41) is 0. The minimum Gasteiger partial charge on any atom is -0.497 e. The molecule has 0 unspecified atom stereocenters. The predicted molar refractivity (Wildman–Crippen MR) is 134 cm³/mol. The van der Waals surface area contributed by atoms with Gasteiger partial charge in [-0.1, -0.05) is 24.3 Å². The van der Waals surface area contributed by atoms with Crippen molar-refractivity contribution < 1.29 is 13.9 Å². The van der Waals surface area contributed by atoms with Gasteiger partial charge in [0.1, 0.15) is 17.3 Å². The van der Waals surface area contributed by atoms with Crippen LogP contribution in [-0.2, 0) is 13.1 Å². The third-order valence-corrected chi connectivity index (χ3v) is 5.97. The molecule has 182 valence electrons. The molecule has 0 amide bonds. The lowest BCUT2D eigenvalue weighted by Gasteiger charge is -2.13. The Labute approximate surface area is 205 Å². The Morgan fingerprint density at radius 1 is 0.833 bits per heavy atom. The van der Waals surface area contributed by atoms with Crippen LogP contribution in [0, 0.1) is 5.82 Å². The van der Waals surface area contributed by atoms with Crippen molar-refractivity contribution in [3.8, 4) is 17.2 Å². The first-order valence-corrected chi connectivity index (χ1v) is 11.2. The molecule has 5 rings (SSSR count). The van der Waals surface area contributed by atoms with Gasteiger partial charge in [0.05, 0.1) is 32.8 Å². The van der Waals surface area contributed by atoms with E-state index in [1.54, 1.807) is 43.1 Å². The van der Waals surface area contributed by atoms with Gasteiger partial charge in [0.15, 0.2) is 11.2 Å². The molecule has 0 aliphatic rings. The Balaban J connectivity index is 1.71. The van der Waals surface area contributed by atoms with E-state index in [4.69, 9.17) is 9.47 Å². The number of halogens is 1. The summed E-state index contributed by atoms with van der Waals surface area (Å²) < 4.78 is 28.4. The van der Waals surface area contributed by atoms with Crippen molar-refractivity contribution in [2.24, 2.45) is 0 Å². The first-order chi connectivity index (χ1) is 17.5. The highest BCUT2D eigenvalue weighted by Crippen LogP contribution is 2.18. The lowest BCUT2D eigenvalue weighted by atomic mass is 10.2. The van der Waals surface area contributed by atoms with Crippen molar-refractivity contribution in [3.63, 3.8) is 0 Å². The van der Waals surface area contributed by atoms with E-state index in [-0.39, 0.29) is 17.7 Å². The summed E-state index contributed by atoms with van der Waals surface area (Å²) in [6.45, 7) is 0.385. The maximum Gasteiger partial charge on any atom is 0.337 e. The second-order valence-corrected chi connectivity index (χ2v) is 8.23. The van der Waals surface area contributed by atoms with E-state index in [2.05, 4.69) is 4.98 Å². The highest BCUT2D eigenvalue weighted by Gasteiger charge is 2.20. The molecular weight excluding hydrogens is 463 g/mol. The van der Waals surface area contributed by atoms with Crippen LogP contribution in [0.15, 0.2) is 88.7 Å². The number of hydrogen-bond acceptors (Lipinski definition) is 5. The number of benzene rings is 3. The van der Waals surface area contributed by atoms with Crippen molar-refractivity contribution in [1.82, 2.24) is 18.7 Å². The lowest BCUT2D eigenvalue weighted by Crippen LogP contribution is -2.40. The zero-order valence-electron chi connectivity index (χ0n) is 19.7. The number of imidazole rings is 1. The molecule has 0 spiro atoms. The Morgan fingerprint density at radius 2 is 1.56 bits per heavy atom. The van der Waals surface area contributed by atoms with Crippen LogP contribution >= 0.6 is 0 Å². The normalized spacial score (nSPS) is 11.1. The highest BCUT2D eigenvalue weighted by atomic mass is 19.1. The summed E-state index contributed by atoms with van der Waals surface area (Å²) in [6, 6.07) is 20.1. The van der Waals surface area contributed by atoms with Crippen molar-refractivity contribution in [2.75, 3.05) is 14.2 Å². The molecule has 5 aromatic rings. The Bertz CT molecular complexity index is 1650. The van der Waals surface area contributed by atoms with Crippen LogP contribution in [0.3, 0.4) is 0 Å². The van der Waals surface area contributed by atoms with Crippen molar-refractivity contribution in [3.05, 3.63) is 117 Å². The summed E-state index contributed by atoms with van der Waals surface area (Å²) >= 11 is 0. The molecule has 0 aliphatic heterocycles. The van der Waals surface area contributed by atoms with Crippen molar-refractivity contribution in [2.45, 2.75) is 13.1 Å². The topological polar surface area (TPSA) is 80.3 Å². The zero-order chi connectivity index (χ0) is 25.2. The second kappa shape index (κ2) is 9.53. The maximum absolute atomic E-state index is 13.7. The fraction of sp³-hybridized carbons (Fsp3) is 0.148. The van der Waals surface area contributed by atoms with E-state index in [0.29, 0.717) is 23.7 Å². The quantitative estimate of drug-likeness (QED) is 0.351. The third kappa shape index (κ3) is 4.26. The van der Waals surface area contributed by atoms with Crippen LogP contribution in [0.2, 0.25) is 0 Å². The molecule has 0 radical (unpaired) electrons. The third-order valence-electron chi connectivity index (χ3n) is 5.97. The first kappa shape index (κ1) is 23.1. The van der Waals surface area contributed by atoms with Gasteiger partial charge in [-0.25, -0.2) is 18.7 Å². The Kier molecular flexibility index (Phi) is 6.12. The summed E-state index contributed by atoms with van der Waals surface area (Å²) in [4.78, 5) is 31.7. The molecule has 0 N–H and O–H groups in total. The molecule has 2 heterocycles. The molecule has 9 heteroatoms. The SMILES string of the molecule is COc1ccc(Cn2c(=O)c3c(ncn3Cc3cccc(OC)c3)n(-c3ccc(F)cc3)c2=O)cc1. The molecule has 0 bridgehead atoms. The molecule has 0 fully saturated rings. The van der Waals surface area contributed by atoms with Crippen LogP contribution in [-0.4, -0.2) is 32.9 Å². The van der Waals surface area contributed by atoms with E-state index < -0.39 is 17.1 Å². The molecule has 36 heavy (non-hydrogen) atoms. The average molecular weight is 487 g/mol. The summed E-state index contributed by atoms with van der Waals surface area (Å²) in [7, 11) is 3.16. The molecule has 0 saturated heterocycles. The van der Waals surface area contributed by atoms with Crippen LogP contribution in [0.4, 0.5) is 4.39 Å². The molecule has 0 aliphatic carbocycles. The Morgan fingerprint density at radius 3 is 2.25 bits per heavy atom. The highest BCUT2D eigenvalue weighted by molar-refractivity contribution is 5.72. The van der Waals surface area contributed by atoms with Gasteiger partial charge >= 0.3 is 5.69 Å². The van der Waals surface area contributed by atoms with Crippen molar-refractivity contribution >= 4 is 11.2 Å². The number of ether oxygens (including phenoxy) is 2. The number of methoxy groups -OCH3 is 2. The van der Waals surface area contributed by atoms with Gasteiger partial charge in [0, 0.05) is 6.54 Å². The molecular formula is C27H23FN4O4. The van der Waals surface area contributed by atoms with Crippen LogP contribution in [0.25, 0.3) is 16.9 Å². The van der Waals surface area contributed by atoms with Gasteiger partial charge in [-0.3, -0.25) is 9.36 Å². The number of hydrogen-bond donors (Lipinski definition) is 0. The van der Waals surface area contributed by atoms with E-state index in [0.717, 1.165) is 15.7 Å². The number of nitrogens with zero attached hydrogens (tertiary/aromatic N) is 4. The minimum absolute atomic E-state index is 0.0448. The number of rotatable bonds is 7. The van der Waals surface area contributed by atoms with E-state index >= 15 is 0 Å². The smallest absolute Gasteiger partial charge is 0.337 e. The number of fused-ring (bicyclic) bond motifs is 1. The predicted octanol–water partition coefficient (Wildman–Crippen LogP) is 3.60. The molecule has 8 nitrogen and oxygen atoms in total. The maximum atomic E-state index is 13.7. The largest absolute Gasteiger partial charge is 0.497 e. The fourth-order valence-electron chi connectivity index (χ4n) is 4.14. The molecule has 3 aromatic carbocycles.